The molecule has 1 heterocycles. The summed E-state index contributed by atoms with van der Waals surface area (Å²) in [5, 5.41) is 0.833. The van der Waals surface area contributed by atoms with Crippen LogP contribution >= 0.6 is 0 Å². The number of unbranched alkanes of at least 4 members (excludes halogenated alkanes) is 4. The van der Waals surface area contributed by atoms with Crippen molar-refractivity contribution < 1.29 is 38.1 Å². The minimum absolute atomic E-state index is 0.172. The number of hydrogen-bond acceptors (Lipinski definition) is 9. The van der Waals surface area contributed by atoms with Crippen molar-refractivity contribution in [3.63, 3.8) is 0 Å². The third-order valence-electron chi connectivity index (χ3n) is 10.2. The number of benzene rings is 2. The first-order chi connectivity index (χ1) is 25.8. The van der Waals surface area contributed by atoms with E-state index in [4.69, 9.17) is 23.9 Å². The van der Waals surface area contributed by atoms with Gasteiger partial charge >= 0.3 is 11.9 Å². The Labute approximate surface area is 315 Å². The maximum Gasteiger partial charge on any atom is 0.305 e. The Morgan fingerprint density at radius 3 is 1.89 bits per heavy atom. The van der Waals surface area contributed by atoms with E-state index in [-0.39, 0.29) is 23.5 Å². The van der Waals surface area contributed by atoms with Crippen LogP contribution in [0, 0.1) is 11.8 Å². The second kappa shape index (κ2) is 22.1. The summed E-state index contributed by atoms with van der Waals surface area (Å²) in [6.45, 7) is 10.3. The second-order valence-corrected chi connectivity index (χ2v) is 14.2. The molecule has 9 heteroatoms. The molecule has 0 spiro atoms. The van der Waals surface area contributed by atoms with E-state index in [1.54, 1.807) is 24.3 Å². The molecule has 4 rings (SSSR count). The van der Waals surface area contributed by atoms with E-state index in [1.807, 2.05) is 24.3 Å². The summed E-state index contributed by atoms with van der Waals surface area (Å²) in [6, 6.07) is 14.2. The molecule has 0 N–H and O–H groups in total. The first-order valence-corrected chi connectivity index (χ1v) is 20.0. The van der Waals surface area contributed by atoms with Crippen LogP contribution in [0.1, 0.15) is 150 Å². The molecule has 0 fully saturated rings. The zero-order valence-electron chi connectivity index (χ0n) is 32.3. The van der Waals surface area contributed by atoms with Crippen molar-refractivity contribution in [3.05, 3.63) is 65.4 Å². The van der Waals surface area contributed by atoms with Crippen molar-refractivity contribution in [2.24, 2.45) is 11.8 Å². The first-order valence-electron chi connectivity index (χ1n) is 20.0. The number of rotatable bonds is 25. The summed E-state index contributed by atoms with van der Waals surface area (Å²) < 4.78 is 23.0. The van der Waals surface area contributed by atoms with E-state index in [2.05, 4.69) is 27.7 Å². The van der Waals surface area contributed by atoms with Crippen LogP contribution in [-0.2, 0) is 19.1 Å². The van der Waals surface area contributed by atoms with Crippen molar-refractivity contribution in [2.75, 3.05) is 26.4 Å². The molecule has 0 amide bonds. The van der Waals surface area contributed by atoms with Crippen molar-refractivity contribution >= 4 is 34.4 Å². The Morgan fingerprint density at radius 2 is 1.28 bits per heavy atom. The average Bonchev–Trinajstić information content (AvgIpc) is 3.42. The lowest BCUT2D eigenvalue weighted by Gasteiger charge is -2.14. The van der Waals surface area contributed by atoms with E-state index < -0.39 is 5.92 Å². The van der Waals surface area contributed by atoms with Gasteiger partial charge in [-0.3, -0.25) is 19.2 Å². The van der Waals surface area contributed by atoms with E-state index in [1.165, 1.54) is 0 Å². The number of fused-ring (bicyclic) bond motifs is 2. The number of nitrogens with zero attached hydrogens (tertiary/aromatic N) is 1. The summed E-state index contributed by atoms with van der Waals surface area (Å²) in [7, 11) is 0. The molecular formula is C44H59NO8. The number of carbonyl (C=O) groups is 4. The van der Waals surface area contributed by atoms with Gasteiger partial charge in [-0.1, -0.05) is 84.4 Å². The van der Waals surface area contributed by atoms with Gasteiger partial charge in [0.1, 0.15) is 22.9 Å². The Morgan fingerprint density at radius 1 is 0.679 bits per heavy atom. The molecule has 1 aromatic heterocycles. The smallest absolute Gasteiger partial charge is 0.305 e. The normalized spacial score (nSPS) is 14.9. The number of carbonyl (C=O) groups excluding carboxylic acids is 4. The Kier molecular flexibility index (Phi) is 17.3. The van der Waals surface area contributed by atoms with Crippen LogP contribution in [0.15, 0.2) is 48.5 Å². The molecular weight excluding hydrogens is 670 g/mol. The van der Waals surface area contributed by atoms with E-state index in [0.29, 0.717) is 111 Å². The van der Waals surface area contributed by atoms with Gasteiger partial charge in [0, 0.05) is 29.4 Å². The third-order valence-corrected chi connectivity index (χ3v) is 10.2. The fourth-order valence-electron chi connectivity index (χ4n) is 6.62. The van der Waals surface area contributed by atoms with E-state index in [0.717, 1.165) is 56.8 Å². The summed E-state index contributed by atoms with van der Waals surface area (Å²) in [5.41, 5.74) is 1.63. The second-order valence-electron chi connectivity index (χ2n) is 14.2. The molecule has 2 aromatic carbocycles. The number of ketones is 2. The SMILES string of the molecule is CCCCC(CC)COC(=O)CCCCOc1ccc2c(c1)C(=O)C(c1ccc3cccc(OCCCCC(=O)OCC(CC)CCCC)c3n1)C2=O. The van der Waals surface area contributed by atoms with Crippen LogP contribution in [0.4, 0.5) is 0 Å². The minimum Gasteiger partial charge on any atom is -0.494 e. The molecule has 3 unspecified atom stereocenters. The highest BCUT2D eigenvalue weighted by Gasteiger charge is 2.41. The average molecular weight is 730 g/mol. The van der Waals surface area contributed by atoms with Gasteiger partial charge in [0.2, 0.25) is 0 Å². The Hall–Kier alpha value is -4.27. The molecule has 9 nitrogen and oxygen atoms in total. The Balaban J connectivity index is 1.26. The van der Waals surface area contributed by atoms with Crippen LogP contribution in [0.3, 0.4) is 0 Å². The zero-order chi connectivity index (χ0) is 38.0. The molecule has 53 heavy (non-hydrogen) atoms. The minimum atomic E-state index is -1.04. The van der Waals surface area contributed by atoms with Crippen molar-refractivity contribution in [1.29, 1.82) is 0 Å². The maximum atomic E-state index is 13.6. The fourth-order valence-corrected chi connectivity index (χ4v) is 6.62. The molecule has 3 aromatic rings. The van der Waals surface area contributed by atoms with Gasteiger partial charge in [0.05, 0.1) is 32.1 Å². The van der Waals surface area contributed by atoms with E-state index in [9.17, 15) is 19.2 Å². The van der Waals surface area contributed by atoms with Gasteiger partial charge < -0.3 is 18.9 Å². The standard InChI is InChI=1S/C44H59NO8/c1-5-9-16-31(7-3)29-52-39(46)20-11-13-26-50-34-23-24-35-36(28-34)44(49)41(43(35)48)37-25-22-33-18-15-19-38(42(33)45-37)51-27-14-12-21-40(47)53-30-32(8-4)17-10-6-2/h15,18-19,22-25,28,31-32,41H,5-14,16-17,20-21,26-27,29-30H2,1-4H3. The number of pyridine rings is 1. The van der Waals surface area contributed by atoms with Gasteiger partial charge in [-0.2, -0.15) is 0 Å². The zero-order valence-corrected chi connectivity index (χ0v) is 32.3. The number of para-hydroxylation sites is 1. The Bertz CT molecular complexity index is 1650. The molecule has 3 atom stereocenters. The number of ether oxygens (including phenoxy) is 4. The summed E-state index contributed by atoms with van der Waals surface area (Å²) in [4.78, 5) is 56.4. The van der Waals surface area contributed by atoms with Crippen LogP contribution in [-0.4, -0.2) is 54.9 Å². The summed E-state index contributed by atoms with van der Waals surface area (Å²) in [5.74, 6) is -0.0882. The molecule has 0 bridgehead atoms. The molecule has 0 radical (unpaired) electrons. The van der Waals surface area contributed by atoms with Crippen LogP contribution in [0.5, 0.6) is 11.5 Å². The molecule has 0 saturated carbocycles. The highest BCUT2D eigenvalue weighted by atomic mass is 16.5. The molecule has 288 valence electrons. The fraction of sp³-hybridized carbons (Fsp3) is 0.568. The first kappa shape index (κ1) is 41.5. The highest BCUT2D eigenvalue weighted by Crippen LogP contribution is 2.37. The maximum absolute atomic E-state index is 13.6. The summed E-state index contributed by atoms with van der Waals surface area (Å²) >= 11 is 0. The predicted molar refractivity (Wildman–Crippen MR) is 207 cm³/mol. The quantitative estimate of drug-likeness (QED) is 0.0477. The number of esters is 2. The molecule has 0 saturated heterocycles. The van der Waals surface area contributed by atoms with Gasteiger partial charge in [0.25, 0.3) is 0 Å². The number of hydrogen-bond donors (Lipinski definition) is 0. The lowest BCUT2D eigenvalue weighted by atomic mass is 9.98. The molecule has 1 aliphatic rings. The van der Waals surface area contributed by atoms with Gasteiger partial charge in [-0.05, 0) is 80.7 Å². The van der Waals surface area contributed by atoms with Crippen LogP contribution < -0.4 is 9.47 Å². The van der Waals surface area contributed by atoms with Crippen LogP contribution in [0.2, 0.25) is 0 Å². The largest absolute Gasteiger partial charge is 0.494 e. The molecule has 1 aliphatic carbocycles. The van der Waals surface area contributed by atoms with Gasteiger partial charge in [-0.25, -0.2) is 4.98 Å². The van der Waals surface area contributed by atoms with Gasteiger partial charge in [-0.15, -0.1) is 0 Å². The number of Topliss-reactive ketones (excluding diaryl/α,β-unsaturated/α-hetero) is 2. The highest BCUT2D eigenvalue weighted by molar-refractivity contribution is 6.29. The lowest BCUT2D eigenvalue weighted by Crippen LogP contribution is -2.14. The van der Waals surface area contributed by atoms with Crippen molar-refractivity contribution in [2.45, 2.75) is 124 Å². The number of aromatic nitrogens is 1. The van der Waals surface area contributed by atoms with Crippen molar-refractivity contribution in [3.8, 4) is 11.5 Å². The third kappa shape index (κ3) is 12.4. The lowest BCUT2D eigenvalue weighted by molar-refractivity contribution is -0.146. The monoisotopic (exact) mass is 729 g/mol. The molecule has 0 aliphatic heterocycles. The van der Waals surface area contributed by atoms with Crippen molar-refractivity contribution in [1.82, 2.24) is 4.98 Å². The van der Waals surface area contributed by atoms with E-state index >= 15 is 0 Å². The predicted octanol–water partition coefficient (Wildman–Crippen LogP) is 10.0. The summed E-state index contributed by atoms with van der Waals surface area (Å²) in [6.07, 6.45) is 12.1. The van der Waals surface area contributed by atoms with Crippen LogP contribution in [0.25, 0.3) is 10.9 Å². The van der Waals surface area contributed by atoms with Gasteiger partial charge in [0.15, 0.2) is 11.6 Å². The topological polar surface area (TPSA) is 118 Å².